The summed E-state index contributed by atoms with van der Waals surface area (Å²) in [6.07, 6.45) is 3.96. The van der Waals surface area contributed by atoms with Gasteiger partial charge in [0.1, 0.15) is 5.41 Å². The molecule has 0 saturated heterocycles. The zero-order valence-electron chi connectivity index (χ0n) is 12.1. The molecule has 0 bridgehead atoms. The predicted octanol–water partition coefficient (Wildman–Crippen LogP) is 2.42. The molecule has 1 aromatic carbocycles. The van der Waals surface area contributed by atoms with Gasteiger partial charge >= 0.3 is 0 Å². The van der Waals surface area contributed by atoms with Crippen molar-refractivity contribution in [2.75, 3.05) is 11.6 Å². The molecule has 2 rings (SSSR count). The van der Waals surface area contributed by atoms with E-state index in [4.69, 9.17) is 0 Å². The van der Waals surface area contributed by atoms with Gasteiger partial charge in [-0.15, -0.1) is 0 Å². The number of hydrogen-bond donors (Lipinski definition) is 1. The van der Waals surface area contributed by atoms with E-state index >= 15 is 0 Å². The summed E-state index contributed by atoms with van der Waals surface area (Å²) >= 11 is 0. The topological polar surface area (TPSA) is 87.0 Å². The average molecular weight is 306 g/mol. The van der Waals surface area contributed by atoms with Gasteiger partial charge in [-0.25, -0.2) is 8.42 Å². The van der Waals surface area contributed by atoms with Gasteiger partial charge in [0.2, 0.25) is 5.91 Å². The van der Waals surface area contributed by atoms with Crippen LogP contribution in [0.4, 0.5) is 5.69 Å². The van der Waals surface area contributed by atoms with Gasteiger partial charge in [-0.2, -0.15) is 5.26 Å². The third kappa shape index (κ3) is 3.08. The number of nitrogens with one attached hydrogen (secondary N) is 1. The Kier molecular flexibility index (Phi) is 4.06. The minimum absolute atomic E-state index is 0.154. The highest BCUT2D eigenvalue weighted by Crippen LogP contribution is 2.38. The first kappa shape index (κ1) is 15.5. The molecule has 1 fully saturated rings. The van der Waals surface area contributed by atoms with Gasteiger partial charge < -0.3 is 5.32 Å². The molecule has 0 aliphatic heterocycles. The lowest BCUT2D eigenvalue weighted by molar-refractivity contribution is -0.122. The summed E-state index contributed by atoms with van der Waals surface area (Å²) in [4.78, 5) is 12.6. The summed E-state index contributed by atoms with van der Waals surface area (Å²) in [7, 11) is -3.33. The molecule has 0 spiro atoms. The highest BCUT2D eigenvalue weighted by Gasteiger charge is 2.41. The first-order chi connectivity index (χ1) is 9.78. The van der Waals surface area contributed by atoms with Crippen LogP contribution in [0, 0.1) is 23.7 Å². The minimum Gasteiger partial charge on any atom is -0.324 e. The number of sulfone groups is 1. The molecule has 1 aliphatic rings. The van der Waals surface area contributed by atoms with Crippen LogP contribution in [0.25, 0.3) is 0 Å². The molecular weight excluding hydrogens is 288 g/mol. The van der Waals surface area contributed by atoms with E-state index in [2.05, 4.69) is 11.4 Å². The van der Waals surface area contributed by atoms with E-state index in [1.165, 1.54) is 12.1 Å². The fraction of sp³-hybridized carbons (Fsp3) is 0.467. The average Bonchev–Trinajstić information content (AvgIpc) is 2.90. The van der Waals surface area contributed by atoms with Crippen molar-refractivity contribution < 1.29 is 13.2 Å². The first-order valence-electron chi connectivity index (χ1n) is 6.82. The van der Waals surface area contributed by atoms with Crippen molar-refractivity contribution in [3.8, 4) is 6.07 Å². The van der Waals surface area contributed by atoms with Gasteiger partial charge in [0.15, 0.2) is 9.84 Å². The zero-order valence-corrected chi connectivity index (χ0v) is 13.0. The van der Waals surface area contributed by atoms with Crippen LogP contribution >= 0.6 is 0 Å². The highest BCUT2D eigenvalue weighted by molar-refractivity contribution is 7.90. The standard InChI is InChI=1S/C15H18N2O3S/c1-11-5-6-12(21(2,19)20)9-13(11)17-14(18)15(10-16)7-3-4-8-15/h5-6,9H,3-4,7-8H2,1-2H3,(H,17,18). The molecule has 1 saturated carbocycles. The van der Waals surface area contributed by atoms with E-state index in [0.717, 1.165) is 24.7 Å². The largest absolute Gasteiger partial charge is 0.324 e. The third-order valence-electron chi connectivity index (χ3n) is 3.99. The van der Waals surface area contributed by atoms with Crippen molar-refractivity contribution in [2.45, 2.75) is 37.5 Å². The van der Waals surface area contributed by atoms with Crippen molar-refractivity contribution in [2.24, 2.45) is 5.41 Å². The molecule has 0 radical (unpaired) electrons. The normalized spacial score (nSPS) is 17.2. The molecule has 0 aromatic heterocycles. The van der Waals surface area contributed by atoms with Crippen LogP contribution in [0.3, 0.4) is 0 Å². The smallest absolute Gasteiger partial charge is 0.244 e. The number of anilines is 1. The summed E-state index contributed by atoms with van der Waals surface area (Å²) < 4.78 is 23.2. The van der Waals surface area contributed by atoms with Crippen LogP contribution < -0.4 is 5.32 Å². The summed E-state index contributed by atoms with van der Waals surface area (Å²) in [6.45, 7) is 1.79. The van der Waals surface area contributed by atoms with Gasteiger partial charge in [-0.3, -0.25) is 4.79 Å². The number of aryl methyl sites for hydroxylation is 1. The third-order valence-corrected chi connectivity index (χ3v) is 5.10. The number of carbonyl (C=O) groups excluding carboxylic acids is 1. The second kappa shape index (κ2) is 5.49. The second-order valence-electron chi connectivity index (χ2n) is 5.60. The molecule has 0 heterocycles. The van der Waals surface area contributed by atoms with Crippen molar-refractivity contribution in [3.63, 3.8) is 0 Å². The van der Waals surface area contributed by atoms with Gasteiger partial charge in [0, 0.05) is 11.9 Å². The number of nitriles is 1. The Hall–Kier alpha value is -1.87. The second-order valence-corrected chi connectivity index (χ2v) is 7.62. The van der Waals surface area contributed by atoms with Crippen molar-refractivity contribution in [1.29, 1.82) is 5.26 Å². The van der Waals surface area contributed by atoms with Gasteiger partial charge in [-0.1, -0.05) is 18.9 Å². The van der Waals surface area contributed by atoms with Gasteiger partial charge in [0.05, 0.1) is 11.0 Å². The van der Waals surface area contributed by atoms with Crippen molar-refractivity contribution in [1.82, 2.24) is 0 Å². The molecule has 0 unspecified atom stereocenters. The Bertz CT molecular complexity index is 711. The Labute approximate surface area is 124 Å². The van der Waals surface area contributed by atoms with E-state index < -0.39 is 15.3 Å². The molecular formula is C15H18N2O3S. The SMILES string of the molecule is Cc1ccc(S(C)(=O)=O)cc1NC(=O)C1(C#N)CCCC1. The fourth-order valence-corrected chi connectivity index (χ4v) is 3.22. The predicted molar refractivity (Wildman–Crippen MR) is 79.4 cm³/mol. The molecule has 5 nitrogen and oxygen atoms in total. The number of nitrogens with zero attached hydrogens (tertiary/aromatic N) is 1. The molecule has 1 aliphatic carbocycles. The van der Waals surface area contributed by atoms with Crippen LogP contribution in [0.5, 0.6) is 0 Å². The molecule has 21 heavy (non-hydrogen) atoms. The molecule has 1 amide bonds. The summed E-state index contributed by atoms with van der Waals surface area (Å²) in [5.74, 6) is -0.337. The van der Waals surface area contributed by atoms with Crippen LogP contribution in [0.15, 0.2) is 23.1 Å². The quantitative estimate of drug-likeness (QED) is 0.929. The van der Waals surface area contributed by atoms with E-state index in [0.29, 0.717) is 18.5 Å². The van der Waals surface area contributed by atoms with E-state index in [9.17, 15) is 18.5 Å². The van der Waals surface area contributed by atoms with Crippen molar-refractivity contribution >= 4 is 21.4 Å². The lowest BCUT2D eigenvalue weighted by Crippen LogP contribution is -2.32. The maximum absolute atomic E-state index is 12.4. The summed E-state index contributed by atoms with van der Waals surface area (Å²) in [5.41, 5.74) is 0.236. The lowest BCUT2D eigenvalue weighted by Gasteiger charge is -2.20. The lowest BCUT2D eigenvalue weighted by atomic mass is 9.87. The Morgan fingerprint density at radius 2 is 1.95 bits per heavy atom. The van der Waals surface area contributed by atoms with Crippen LogP contribution in [-0.4, -0.2) is 20.6 Å². The van der Waals surface area contributed by atoms with Crippen molar-refractivity contribution in [3.05, 3.63) is 23.8 Å². The number of hydrogen-bond acceptors (Lipinski definition) is 4. The Balaban J connectivity index is 2.32. The maximum atomic E-state index is 12.4. The van der Waals surface area contributed by atoms with Gasteiger partial charge in [0.25, 0.3) is 0 Å². The Morgan fingerprint density at radius 3 is 2.48 bits per heavy atom. The van der Waals surface area contributed by atoms with E-state index in [1.807, 2.05) is 0 Å². The van der Waals surface area contributed by atoms with Gasteiger partial charge in [-0.05, 0) is 37.5 Å². The first-order valence-corrected chi connectivity index (χ1v) is 8.71. The maximum Gasteiger partial charge on any atom is 0.244 e. The van der Waals surface area contributed by atoms with E-state index in [-0.39, 0.29) is 10.8 Å². The molecule has 0 atom stereocenters. The monoisotopic (exact) mass is 306 g/mol. The fourth-order valence-electron chi connectivity index (χ4n) is 2.58. The number of carbonyl (C=O) groups is 1. The molecule has 112 valence electrons. The summed E-state index contributed by atoms with van der Waals surface area (Å²) in [6, 6.07) is 6.74. The number of benzene rings is 1. The number of amides is 1. The van der Waals surface area contributed by atoms with Crippen LogP contribution in [0.2, 0.25) is 0 Å². The molecule has 1 N–H and O–H groups in total. The van der Waals surface area contributed by atoms with Crippen LogP contribution in [0.1, 0.15) is 31.2 Å². The molecule has 6 heteroatoms. The molecule has 1 aromatic rings. The zero-order chi connectivity index (χ0) is 15.7. The summed E-state index contributed by atoms with van der Waals surface area (Å²) in [5, 5.41) is 12.0. The van der Waals surface area contributed by atoms with Crippen LogP contribution in [-0.2, 0) is 14.6 Å². The van der Waals surface area contributed by atoms with E-state index in [1.54, 1.807) is 13.0 Å². The minimum atomic E-state index is -3.33. The Morgan fingerprint density at radius 1 is 1.33 bits per heavy atom. The highest BCUT2D eigenvalue weighted by atomic mass is 32.2. The number of rotatable bonds is 3.